The van der Waals surface area contributed by atoms with Crippen LogP contribution in [0.2, 0.25) is 0 Å². The quantitative estimate of drug-likeness (QED) is 0.368. The molecule has 38 heavy (non-hydrogen) atoms. The van der Waals surface area contributed by atoms with Gasteiger partial charge in [-0.25, -0.2) is 14.1 Å². The number of carbonyl (C=O) groups excluding carboxylic acids is 1. The van der Waals surface area contributed by atoms with Crippen molar-refractivity contribution in [3.05, 3.63) is 95.2 Å². The highest BCUT2D eigenvalue weighted by atomic mass is 19.1. The lowest BCUT2D eigenvalue weighted by molar-refractivity contribution is 0.00949. The molecule has 194 valence electrons. The molecule has 6 rings (SSSR count). The smallest absolute Gasteiger partial charge is 0.254 e. The third-order valence-corrected chi connectivity index (χ3v) is 7.51. The number of hydrogen-bond donors (Lipinski definition) is 2. The largest absolute Gasteiger partial charge is 0.490 e. The minimum atomic E-state index is -1.36. The summed E-state index contributed by atoms with van der Waals surface area (Å²) in [5, 5.41) is 19.4. The number of amides is 1. The zero-order chi connectivity index (χ0) is 26.4. The van der Waals surface area contributed by atoms with Crippen molar-refractivity contribution in [3.8, 4) is 22.7 Å². The van der Waals surface area contributed by atoms with E-state index in [4.69, 9.17) is 9.72 Å². The van der Waals surface area contributed by atoms with Gasteiger partial charge in [0.05, 0.1) is 35.8 Å². The number of ether oxygens (including phenoxy) is 1. The van der Waals surface area contributed by atoms with Gasteiger partial charge in [0.15, 0.2) is 0 Å². The fourth-order valence-corrected chi connectivity index (χ4v) is 5.11. The number of aromatic nitrogens is 3. The van der Waals surface area contributed by atoms with Crippen LogP contribution in [0.3, 0.4) is 0 Å². The summed E-state index contributed by atoms with van der Waals surface area (Å²) >= 11 is 0. The fraction of sp³-hybridized carbons (Fsp3) is 0.300. The van der Waals surface area contributed by atoms with Crippen LogP contribution < -0.4 is 10.1 Å². The van der Waals surface area contributed by atoms with Crippen LogP contribution >= 0.6 is 0 Å². The number of nitrogens with one attached hydrogen (secondary N) is 1. The summed E-state index contributed by atoms with van der Waals surface area (Å²) in [7, 11) is 0. The van der Waals surface area contributed by atoms with Crippen molar-refractivity contribution in [2.75, 3.05) is 13.2 Å². The Kier molecular flexibility index (Phi) is 5.99. The number of halogens is 1. The van der Waals surface area contributed by atoms with Gasteiger partial charge in [0.2, 0.25) is 0 Å². The van der Waals surface area contributed by atoms with Gasteiger partial charge < -0.3 is 15.2 Å². The number of aryl methyl sites for hydroxylation is 1. The minimum absolute atomic E-state index is 0.0103. The predicted molar refractivity (Wildman–Crippen MR) is 141 cm³/mol. The van der Waals surface area contributed by atoms with Crippen molar-refractivity contribution in [2.24, 2.45) is 5.92 Å². The van der Waals surface area contributed by atoms with Crippen LogP contribution in [-0.2, 0) is 5.60 Å². The van der Waals surface area contributed by atoms with Crippen LogP contribution in [-0.4, -0.2) is 38.9 Å². The summed E-state index contributed by atoms with van der Waals surface area (Å²) < 4.78 is 21.3. The number of hydrogen-bond acceptors (Lipinski definition) is 5. The molecule has 0 radical (unpaired) electrons. The molecule has 0 spiro atoms. The third kappa shape index (κ3) is 4.35. The lowest BCUT2D eigenvalue weighted by Gasteiger charge is -2.29. The van der Waals surface area contributed by atoms with Crippen molar-refractivity contribution < 1.29 is 19.0 Å². The highest BCUT2D eigenvalue weighted by Gasteiger charge is 2.47. The molecule has 2 aliphatic rings. The van der Waals surface area contributed by atoms with Gasteiger partial charge in [-0.3, -0.25) is 4.79 Å². The van der Waals surface area contributed by atoms with Crippen molar-refractivity contribution in [1.29, 1.82) is 0 Å². The van der Waals surface area contributed by atoms with Crippen molar-refractivity contribution in [2.45, 2.75) is 38.2 Å². The van der Waals surface area contributed by atoms with Gasteiger partial charge in [-0.2, -0.15) is 5.10 Å². The van der Waals surface area contributed by atoms with Crippen LogP contribution in [0.1, 0.15) is 53.0 Å². The van der Waals surface area contributed by atoms with E-state index in [9.17, 15) is 14.3 Å². The molecule has 7 nitrogen and oxygen atoms in total. The summed E-state index contributed by atoms with van der Waals surface area (Å²) in [6.45, 7) is 4.38. The molecule has 0 unspecified atom stereocenters. The number of nitrogens with zero attached hydrogens (tertiary/aromatic N) is 3. The van der Waals surface area contributed by atoms with Crippen molar-refractivity contribution in [1.82, 2.24) is 20.1 Å². The number of benzene rings is 2. The Balaban J connectivity index is 1.31. The Morgan fingerprint density at radius 1 is 1.18 bits per heavy atom. The van der Waals surface area contributed by atoms with Crippen LogP contribution in [0.4, 0.5) is 4.39 Å². The number of rotatable bonds is 7. The van der Waals surface area contributed by atoms with E-state index >= 15 is 0 Å². The molecule has 0 bridgehead atoms. The molecule has 2 aromatic carbocycles. The fourth-order valence-electron chi connectivity index (χ4n) is 5.11. The molecule has 3 heterocycles. The van der Waals surface area contributed by atoms with Crippen molar-refractivity contribution in [3.63, 3.8) is 0 Å². The van der Waals surface area contributed by atoms with Gasteiger partial charge in [0.25, 0.3) is 5.91 Å². The first-order chi connectivity index (χ1) is 18.3. The second-order valence-corrected chi connectivity index (χ2v) is 10.3. The molecule has 2 aromatic heterocycles. The number of para-hydroxylation sites is 1. The van der Waals surface area contributed by atoms with E-state index in [2.05, 4.69) is 17.3 Å². The molecule has 8 heteroatoms. The molecule has 1 aliphatic carbocycles. The standard InChI is InChI=1S/C30H29FN4O3/c1-18-16-38-28-24(18)14-26(33-27(28)20-8-12-22(31)13-9-20)30(37,21-10-11-21)17-32-29(36)25-15-35(34-19(25)2)23-6-4-3-5-7-23/h3-9,12-15,18,21,37H,10-11,16-17H2,1-2H3,(H,32,36)/t18-,30-/m1/s1. The Morgan fingerprint density at radius 3 is 2.63 bits per heavy atom. The van der Waals surface area contributed by atoms with E-state index in [0.717, 1.165) is 24.1 Å². The summed E-state index contributed by atoms with van der Waals surface area (Å²) in [6, 6.07) is 17.6. The molecule has 2 N–H and O–H groups in total. The average Bonchev–Trinajstić information content (AvgIpc) is 3.63. The Hall–Kier alpha value is -4.04. The van der Waals surface area contributed by atoms with E-state index in [1.807, 2.05) is 36.4 Å². The van der Waals surface area contributed by atoms with Gasteiger partial charge in [-0.05, 0) is 68.1 Å². The number of pyridine rings is 1. The monoisotopic (exact) mass is 512 g/mol. The zero-order valence-electron chi connectivity index (χ0n) is 21.3. The maximum Gasteiger partial charge on any atom is 0.254 e. The lowest BCUT2D eigenvalue weighted by atomic mass is 9.89. The molecule has 1 saturated carbocycles. The highest BCUT2D eigenvalue weighted by molar-refractivity contribution is 5.95. The second-order valence-electron chi connectivity index (χ2n) is 10.3. The molecule has 4 aromatic rings. The number of fused-ring (bicyclic) bond motifs is 1. The van der Waals surface area contributed by atoms with E-state index in [0.29, 0.717) is 40.6 Å². The van der Waals surface area contributed by atoms with Crippen LogP contribution in [0.25, 0.3) is 16.9 Å². The van der Waals surface area contributed by atoms with Gasteiger partial charge in [-0.1, -0.05) is 25.1 Å². The van der Waals surface area contributed by atoms with Gasteiger partial charge in [0, 0.05) is 23.2 Å². The van der Waals surface area contributed by atoms with Gasteiger partial charge >= 0.3 is 0 Å². The van der Waals surface area contributed by atoms with Crippen LogP contribution in [0.15, 0.2) is 66.9 Å². The molecule has 0 saturated heterocycles. The topological polar surface area (TPSA) is 89.3 Å². The summed E-state index contributed by atoms with van der Waals surface area (Å²) in [5.74, 6) is 0.119. The Bertz CT molecular complexity index is 1500. The molecule has 1 amide bonds. The molecular weight excluding hydrogens is 483 g/mol. The summed E-state index contributed by atoms with van der Waals surface area (Å²) in [6.07, 6.45) is 3.39. The van der Waals surface area contributed by atoms with Gasteiger partial charge in [-0.15, -0.1) is 0 Å². The molecule has 1 aliphatic heterocycles. The first kappa shape index (κ1) is 24.3. The Morgan fingerprint density at radius 2 is 1.92 bits per heavy atom. The maximum atomic E-state index is 13.6. The third-order valence-electron chi connectivity index (χ3n) is 7.51. The van der Waals surface area contributed by atoms with E-state index < -0.39 is 5.60 Å². The van der Waals surface area contributed by atoms with E-state index in [1.54, 1.807) is 29.9 Å². The highest BCUT2D eigenvalue weighted by Crippen LogP contribution is 2.48. The summed E-state index contributed by atoms with van der Waals surface area (Å²) in [4.78, 5) is 18.1. The normalized spacial score (nSPS) is 17.9. The summed E-state index contributed by atoms with van der Waals surface area (Å²) in [5.41, 5.74) is 3.29. The average molecular weight is 513 g/mol. The Labute approximate surface area is 220 Å². The minimum Gasteiger partial charge on any atom is -0.490 e. The zero-order valence-corrected chi connectivity index (χ0v) is 21.3. The SMILES string of the molecule is Cc1nn(-c2ccccc2)cc1C(=O)NC[C@](O)(c1cc2c(c(-c3ccc(F)cc3)n1)OC[C@H]2C)C1CC1. The first-order valence-electron chi connectivity index (χ1n) is 12.9. The molecule has 1 fully saturated rings. The maximum absolute atomic E-state index is 13.6. The van der Waals surface area contributed by atoms with Crippen LogP contribution in [0.5, 0.6) is 5.75 Å². The van der Waals surface area contributed by atoms with E-state index in [-0.39, 0.29) is 30.1 Å². The predicted octanol–water partition coefficient (Wildman–Crippen LogP) is 4.91. The molecule has 2 atom stereocenters. The lowest BCUT2D eigenvalue weighted by Crippen LogP contribution is -2.43. The number of carbonyl (C=O) groups is 1. The number of aliphatic hydroxyl groups is 1. The van der Waals surface area contributed by atoms with E-state index in [1.165, 1.54) is 12.1 Å². The first-order valence-corrected chi connectivity index (χ1v) is 12.9. The van der Waals surface area contributed by atoms with Gasteiger partial charge in [0.1, 0.15) is 22.9 Å². The van der Waals surface area contributed by atoms with Crippen LogP contribution in [0, 0.1) is 18.7 Å². The second kappa shape index (κ2) is 9.36. The van der Waals surface area contributed by atoms with Crippen molar-refractivity contribution >= 4 is 5.91 Å². The molecular formula is C30H29FN4O3.